The summed E-state index contributed by atoms with van der Waals surface area (Å²) in [6.07, 6.45) is 2.75. The summed E-state index contributed by atoms with van der Waals surface area (Å²) in [7, 11) is -3.29. The Balaban J connectivity index is 2.04. The third kappa shape index (κ3) is 3.23. The zero-order valence-corrected chi connectivity index (χ0v) is 11.3. The molecule has 3 N–H and O–H groups in total. The molecule has 1 aromatic rings. The summed E-state index contributed by atoms with van der Waals surface area (Å²) in [6.45, 7) is 1.92. The molecule has 4 nitrogen and oxygen atoms in total. The normalized spacial score (nSPS) is 19.4. The van der Waals surface area contributed by atoms with E-state index in [1.54, 1.807) is 0 Å². The average Bonchev–Trinajstić information content (AvgIpc) is 2.95. The van der Waals surface area contributed by atoms with Gasteiger partial charge in [-0.2, -0.15) is 0 Å². The molecule has 0 amide bonds. The molecule has 0 spiro atoms. The Kier molecular flexibility index (Phi) is 3.38. The van der Waals surface area contributed by atoms with Gasteiger partial charge in [0.15, 0.2) is 9.84 Å². The second-order valence-electron chi connectivity index (χ2n) is 5.45. The highest BCUT2D eigenvalue weighted by Crippen LogP contribution is 2.38. The number of rotatable bonds is 5. The van der Waals surface area contributed by atoms with Gasteiger partial charge in [-0.25, -0.2) is 8.42 Å². The Morgan fingerprint density at radius 2 is 1.89 bits per heavy atom. The molecule has 2 rings (SSSR count). The molecular formula is C13H19NO3S. The van der Waals surface area contributed by atoms with Gasteiger partial charge in [0.25, 0.3) is 0 Å². The molecule has 0 heterocycles. The number of phenols is 1. The number of hydrogen-bond acceptors (Lipinski definition) is 4. The van der Waals surface area contributed by atoms with E-state index < -0.39 is 9.84 Å². The first-order valence-electron chi connectivity index (χ1n) is 6.11. The fourth-order valence-electron chi connectivity index (χ4n) is 2.24. The fourth-order valence-corrected chi connectivity index (χ4v) is 3.85. The summed E-state index contributed by atoms with van der Waals surface area (Å²) in [5.41, 5.74) is 5.88. The zero-order chi connectivity index (χ0) is 13.4. The molecule has 1 aromatic carbocycles. The lowest BCUT2D eigenvalue weighted by Crippen LogP contribution is -2.27. The maximum Gasteiger partial charge on any atom is 0.178 e. The summed E-state index contributed by atoms with van der Waals surface area (Å²) in [5.74, 6) is 0.230. The van der Waals surface area contributed by atoms with E-state index in [9.17, 15) is 8.42 Å². The van der Waals surface area contributed by atoms with E-state index in [2.05, 4.69) is 0 Å². The first kappa shape index (κ1) is 13.4. The molecule has 1 unspecified atom stereocenters. The van der Waals surface area contributed by atoms with Crippen molar-refractivity contribution in [3.63, 3.8) is 0 Å². The number of aromatic hydroxyl groups is 1. The van der Waals surface area contributed by atoms with Crippen molar-refractivity contribution in [2.24, 2.45) is 11.7 Å². The van der Waals surface area contributed by atoms with Crippen molar-refractivity contribution in [3.05, 3.63) is 24.3 Å². The van der Waals surface area contributed by atoms with Crippen LogP contribution in [-0.2, 0) is 9.84 Å². The van der Waals surface area contributed by atoms with E-state index >= 15 is 0 Å². The number of sulfone groups is 1. The van der Waals surface area contributed by atoms with Gasteiger partial charge in [-0.15, -0.1) is 0 Å². The highest BCUT2D eigenvalue weighted by atomic mass is 32.2. The number of hydrogen-bond donors (Lipinski definition) is 2. The summed E-state index contributed by atoms with van der Waals surface area (Å²) >= 11 is 0. The molecule has 0 radical (unpaired) electrons. The Morgan fingerprint density at radius 1 is 1.33 bits per heavy atom. The lowest BCUT2D eigenvalue weighted by molar-refractivity contribution is 0.474. The maximum atomic E-state index is 12.1. The first-order valence-corrected chi connectivity index (χ1v) is 7.77. The van der Waals surface area contributed by atoms with Crippen molar-refractivity contribution in [2.75, 3.05) is 5.75 Å². The zero-order valence-electron chi connectivity index (χ0n) is 10.5. The van der Waals surface area contributed by atoms with Crippen molar-refractivity contribution in [1.29, 1.82) is 0 Å². The largest absolute Gasteiger partial charge is 0.508 e. The summed E-state index contributed by atoms with van der Waals surface area (Å²) < 4.78 is 24.3. The van der Waals surface area contributed by atoms with Crippen molar-refractivity contribution >= 4 is 9.84 Å². The van der Waals surface area contributed by atoms with Gasteiger partial charge in [-0.1, -0.05) is 6.92 Å². The van der Waals surface area contributed by atoms with Gasteiger partial charge >= 0.3 is 0 Å². The molecule has 18 heavy (non-hydrogen) atoms. The summed E-state index contributed by atoms with van der Waals surface area (Å²) in [4.78, 5) is 0.258. The molecule has 5 heteroatoms. The third-order valence-corrected chi connectivity index (χ3v) is 5.35. The van der Waals surface area contributed by atoms with Crippen LogP contribution in [0, 0.1) is 5.92 Å². The molecule has 0 bridgehead atoms. The predicted molar refractivity (Wildman–Crippen MR) is 70.1 cm³/mol. The van der Waals surface area contributed by atoms with Crippen LogP contribution in [0.2, 0.25) is 0 Å². The highest BCUT2D eigenvalue weighted by Gasteiger charge is 2.39. The van der Waals surface area contributed by atoms with Gasteiger partial charge in [-0.3, -0.25) is 0 Å². The first-order chi connectivity index (χ1) is 8.31. The van der Waals surface area contributed by atoms with Gasteiger partial charge in [0.2, 0.25) is 0 Å². The maximum absolute atomic E-state index is 12.1. The van der Waals surface area contributed by atoms with Crippen molar-refractivity contribution < 1.29 is 13.5 Å². The Morgan fingerprint density at radius 3 is 2.39 bits per heavy atom. The van der Waals surface area contributed by atoms with E-state index in [0.717, 1.165) is 19.3 Å². The monoisotopic (exact) mass is 269 g/mol. The van der Waals surface area contributed by atoms with E-state index in [1.165, 1.54) is 24.3 Å². The molecule has 1 fully saturated rings. The molecule has 1 atom stereocenters. The Bertz CT molecular complexity index is 518. The summed E-state index contributed by atoms with van der Waals surface area (Å²) in [5, 5.41) is 9.15. The lowest BCUT2D eigenvalue weighted by atomic mass is 10.0. The molecule has 1 aliphatic rings. The SMILES string of the molecule is CC(CC1(N)CC1)CS(=O)(=O)c1ccc(O)cc1. The van der Waals surface area contributed by atoms with E-state index in [1.807, 2.05) is 6.92 Å². The Labute approximate surface area is 108 Å². The minimum absolute atomic E-state index is 0.0521. The number of nitrogens with two attached hydrogens (primary N) is 1. The van der Waals surface area contributed by atoms with Gasteiger partial charge in [-0.05, 0) is 49.4 Å². The van der Waals surface area contributed by atoms with Gasteiger partial charge < -0.3 is 10.8 Å². The quantitative estimate of drug-likeness (QED) is 0.852. The van der Waals surface area contributed by atoms with Gasteiger partial charge in [0.1, 0.15) is 5.75 Å². The van der Waals surface area contributed by atoms with Crippen molar-refractivity contribution in [3.8, 4) is 5.75 Å². The predicted octanol–water partition coefficient (Wildman–Crippen LogP) is 1.68. The average molecular weight is 269 g/mol. The van der Waals surface area contributed by atoms with Crippen molar-refractivity contribution in [2.45, 2.75) is 36.6 Å². The fraction of sp³-hybridized carbons (Fsp3) is 0.538. The van der Waals surface area contributed by atoms with Crippen LogP contribution in [-0.4, -0.2) is 24.8 Å². The van der Waals surface area contributed by atoms with Gasteiger partial charge in [0.05, 0.1) is 10.6 Å². The molecule has 0 saturated heterocycles. The van der Waals surface area contributed by atoms with Crippen molar-refractivity contribution in [1.82, 2.24) is 0 Å². The minimum atomic E-state index is -3.29. The van der Waals surface area contributed by atoms with E-state index in [4.69, 9.17) is 10.8 Å². The third-order valence-electron chi connectivity index (χ3n) is 3.35. The van der Waals surface area contributed by atoms with E-state index in [-0.39, 0.29) is 27.9 Å². The smallest absolute Gasteiger partial charge is 0.178 e. The van der Waals surface area contributed by atoms with Crippen LogP contribution >= 0.6 is 0 Å². The molecule has 0 aliphatic heterocycles. The van der Waals surface area contributed by atoms with Crippen LogP contribution in [0.15, 0.2) is 29.2 Å². The van der Waals surface area contributed by atoms with E-state index in [0.29, 0.717) is 0 Å². The minimum Gasteiger partial charge on any atom is -0.508 e. The summed E-state index contributed by atoms with van der Waals surface area (Å²) in [6, 6.07) is 5.66. The topological polar surface area (TPSA) is 80.4 Å². The molecule has 100 valence electrons. The van der Waals surface area contributed by atoms with Crippen LogP contribution in [0.5, 0.6) is 5.75 Å². The van der Waals surface area contributed by atoms with Crippen LogP contribution in [0.1, 0.15) is 26.2 Å². The number of phenolic OH excluding ortho intramolecular Hbond substituents is 1. The molecule has 1 aliphatic carbocycles. The van der Waals surface area contributed by atoms with Crippen LogP contribution in [0.25, 0.3) is 0 Å². The van der Waals surface area contributed by atoms with Crippen LogP contribution < -0.4 is 5.73 Å². The second-order valence-corrected chi connectivity index (χ2v) is 7.48. The van der Waals surface area contributed by atoms with Crippen LogP contribution in [0.4, 0.5) is 0 Å². The second kappa shape index (κ2) is 4.55. The Hall–Kier alpha value is -1.07. The lowest BCUT2D eigenvalue weighted by Gasteiger charge is -2.16. The molecular weight excluding hydrogens is 250 g/mol. The standard InChI is InChI=1S/C13H19NO3S/c1-10(8-13(14)6-7-13)9-18(16,17)12-4-2-11(15)3-5-12/h2-5,10,15H,6-9,14H2,1H3. The van der Waals surface area contributed by atoms with Crippen LogP contribution in [0.3, 0.4) is 0 Å². The number of benzene rings is 1. The van der Waals surface area contributed by atoms with Gasteiger partial charge in [0, 0.05) is 5.54 Å². The molecule has 0 aromatic heterocycles. The highest BCUT2D eigenvalue weighted by molar-refractivity contribution is 7.91. The molecule has 1 saturated carbocycles.